The van der Waals surface area contributed by atoms with E-state index in [-0.39, 0.29) is 24.0 Å². The normalized spacial score (nSPS) is 16.0. The summed E-state index contributed by atoms with van der Waals surface area (Å²) in [5, 5.41) is 6.55. The number of guanidine groups is 1. The van der Waals surface area contributed by atoms with Crippen LogP contribution in [0.3, 0.4) is 0 Å². The number of benzene rings is 1. The first-order chi connectivity index (χ1) is 11.9. The molecular formula is C17H29IN4O3S. The smallest absolute Gasteiger partial charge is 0.191 e. The van der Waals surface area contributed by atoms with Gasteiger partial charge in [0.15, 0.2) is 15.8 Å². The first-order valence-electron chi connectivity index (χ1n) is 8.44. The molecule has 0 unspecified atom stereocenters. The lowest BCUT2D eigenvalue weighted by Gasteiger charge is -2.26. The van der Waals surface area contributed by atoms with E-state index in [1.54, 1.807) is 13.1 Å². The van der Waals surface area contributed by atoms with Gasteiger partial charge >= 0.3 is 0 Å². The minimum absolute atomic E-state index is 0. The molecule has 0 bridgehead atoms. The second-order valence-corrected chi connectivity index (χ2v) is 8.16. The van der Waals surface area contributed by atoms with Crippen LogP contribution in [0.1, 0.15) is 11.1 Å². The Labute approximate surface area is 173 Å². The molecular weight excluding hydrogens is 467 g/mol. The molecule has 7 nitrogen and oxygen atoms in total. The number of aliphatic imine (C=N–C) groups is 1. The number of ether oxygens (including phenoxy) is 1. The minimum Gasteiger partial charge on any atom is -0.379 e. The van der Waals surface area contributed by atoms with E-state index in [0.29, 0.717) is 11.4 Å². The van der Waals surface area contributed by atoms with Gasteiger partial charge in [0, 0.05) is 46.0 Å². The molecule has 1 aliphatic heterocycles. The highest BCUT2D eigenvalue weighted by molar-refractivity contribution is 14.0. The van der Waals surface area contributed by atoms with Crippen LogP contribution in [0.5, 0.6) is 0 Å². The third-order valence-corrected chi connectivity index (χ3v) is 5.40. The van der Waals surface area contributed by atoms with Gasteiger partial charge in [-0.15, -0.1) is 24.0 Å². The molecule has 1 heterocycles. The maximum atomic E-state index is 11.7. The molecule has 0 aromatic heterocycles. The number of hydrogen-bond acceptors (Lipinski definition) is 5. The zero-order valence-corrected chi connectivity index (χ0v) is 18.8. The number of aryl methyl sites for hydroxylation is 1. The first kappa shape index (κ1) is 23.1. The molecule has 0 spiro atoms. The second kappa shape index (κ2) is 11.1. The van der Waals surface area contributed by atoms with Crippen molar-refractivity contribution in [3.8, 4) is 0 Å². The maximum Gasteiger partial charge on any atom is 0.191 e. The Morgan fingerprint density at radius 2 is 1.96 bits per heavy atom. The van der Waals surface area contributed by atoms with Gasteiger partial charge in [0.1, 0.15) is 0 Å². The van der Waals surface area contributed by atoms with Crippen molar-refractivity contribution < 1.29 is 13.2 Å². The number of morpholine rings is 1. The summed E-state index contributed by atoms with van der Waals surface area (Å²) in [6.07, 6.45) is 1.23. The lowest BCUT2D eigenvalue weighted by molar-refractivity contribution is 0.0389. The molecule has 0 saturated carbocycles. The quantitative estimate of drug-likeness (QED) is 0.348. The van der Waals surface area contributed by atoms with E-state index >= 15 is 0 Å². The summed E-state index contributed by atoms with van der Waals surface area (Å²) in [5.74, 6) is 0.734. The fourth-order valence-electron chi connectivity index (χ4n) is 2.80. The fourth-order valence-corrected chi connectivity index (χ4v) is 3.76. The first-order valence-corrected chi connectivity index (χ1v) is 10.3. The van der Waals surface area contributed by atoms with E-state index in [2.05, 4.69) is 20.5 Å². The van der Waals surface area contributed by atoms with Gasteiger partial charge in [0.2, 0.25) is 0 Å². The van der Waals surface area contributed by atoms with Gasteiger partial charge < -0.3 is 15.4 Å². The van der Waals surface area contributed by atoms with Crippen LogP contribution in [0.2, 0.25) is 0 Å². The van der Waals surface area contributed by atoms with Gasteiger partial charge in [-0.25, -0.2) is 8.42 Å². The summed E-state index contributed by atoms with van der Waals surface area (Å²) < 4.78 is 28.7. The van der Waals surface area contributed by atoms with Gasteiger partial charge in [-0.3, -0.25) is 9.89 Å². The highest BCUT2D eigenvalue weighted by Gasteiger charge is 2.11. The number of nitrogens with zero attached hydrogens (tertiary/aromatic N) is 2. The van der Waals surface area contributed by atoms with Gasteiger partial charge in [-0.2, -0.15) is 0 Å². The van der Waals surface area contributed by atoms with E-state index in [4.69, 9.17) is 4.74 Å². The predicted molar refractivity (Wildman–Crippen MR) is 115 cm³/mol. The largest absolute Gasteiger partial charge is 0.379 e. The van der Waals surface area contributed by atoms with E-state index in [9.17, 15) is 8.42 Å². The van der Waals surface area contributed by atoms with E-state index in [1.165, 1.54) is 6.26 Å². The molecule has 1 saturated heterocycles. The maximum absolute atomic E-state index is 11.7. The van der Waals surface area contributed by atoms with Crippen LogP contribution in [-0.4, -0.2) is 72.0 Å². The summed E-state index contributed by atoms with van der Waals surface area (Å²) in [6, 6.07) is 5.39. The molecule has 0 amide bonds. The Kier molecular flexibility index (Phi) is 9.83. The molecule has 148 valence electrons. The van der Waals surface area contributed by atoms with Crippen LogP contribution >= 0.6 is 24.0 Å². The second-order valence-electron chi connectivity index (χ2n) is 6.18. The molecule has 9 heteroatoms. The summed E-state index contributed by atoms with van der Waals surface area (Å²) in [6.45, 7) is 7.71. The van der Waals surface area contributed by atoms with Crippen molar-refractivity contribution in [1.82, 2.24) is 15.5 Å². The molecule has 1 fully saturated rings. The summed E-state index contributed by atoms with van der Waals surface area (Å²) >= 11 is 0. The molecule has 0 aliphatic carbocycles. The number of halogens is 1. The number of nitrogens with one attached hydrogen (secondary N) is 2. The van der Waals surface area contributed by atoms with Gasteiger partial charge in [0.25, 0.3) is 0 Å². The summed E-state index contributed by atoms with van der Waals surface area (Å²) in [5.41, 5.74) is 1.78. The van der Waals surface area contributed by atoms with Crippen LogP contribution < -0.4 is 10.6 Å². The van der Waals surface area contributed by atoms with Crippen LogP contribution in [0, 0.1) is 6.92 Å². The average molecular weight is 496 g/mol. The Hall–Kier alpha value is -0.910. The molecule has 0 radical (unpaired) electrons. The van der Waals surface area contributed by atoms with Crippen molar-refractivity contribution in [2.75, 3.05) is 52.7 Å². The van der Waals surface area contributed by atoms with Crippen molar-refractivity contribution in [1.29, 1.82) is 0 Å². The van der Waals surface area contributed by atoms with Crippen LogP contribution in [-0.2, 0) is 21.1 Å². The molecule has 1 aromatic carbocycles. The standard InChI is InChI=1S/C17H28N4O3S.HI/c1-14-12-15(4-5-16(14)25(3,22)23)13-20-17(18-2)19-6-7-21-8-10-24-11-9-21;/h4-5,12H,6-11,13H2,1-3H3,(H2,18,19,20);1H. The summed E-state index contributed by atoms with van der Waals surface area (Å²) in [4.78, 5) is 6.96. The van der Waals surface area contributed by atoms with Crippen molar-refractivity contribution >= 4 is 39.8 Å². The third-order valence-electron chi connectivity index (χ3n) is 4.15. The van der Waals surface area contributed by atoms with Crippen molar-refractivity contribution in [3.05, 3.63) is 29.3 Å². The van der Waals surface area contributed by atoms with Crippen LogP contribution in [0.25, 0.3) is 0 Å². The highest BCUT2D eigenvalue weighted by atomic mass is 127. The van der Waals surface area contributed by atoms with E-state index in [0.717, 1.165) is 56.5 Å². The Morgan fingerprint density at radius 3 is 2.54 bits per heavy atom. The topological polar surface area (TPSA) is 83.0 Å². The Balaban J connectivity index is 0.00000338. The van der Waals surface area contributed by atoms with Gasteiger partial charge in [-0.1, -0.05) is 12.1 Å². The monoisotopic (exact) mass is 496 g/mol. The zero-order valence-electron chi connectivity index (χ0n) is 15.6. The minimum atomic E-state index is -3.18. The molecule has 2 rings (SSSR count). The van der Waals surface area contributed by atoms with E-state index < -0.39 is 9.84 Å². The summed E-state index contributed by atoms with van der Waals surface area (Å²) in [7, 11) is -1.44. The Bertz CT molecular complexity index is 704. The molecule has 2 N–H and O–H groups in total. The number of hydrogen-bond donors (Lipinski definition) is 2. The SMILES string of the molecule is CN=C(NCCN1CCOCC1)NCc1ccc(S(C)(=O)=O)c(C)c1.I. The molecule has 1 aliphatic rings. The lowest BCUT2D eigenvalue weighted by atomic mass is 10.1. The third kappa shape index (κ3) is 7.37. The van der Waals surface area contributed by atoms with Crippen LogP contribution in [0.4, 0.5) is 0 Å². The van der Waals surface area contributed by atoms with E-state index in [1.807, 2.05) is 19.1 Å². The molecule has 26 heavy (non-hydrogen) atoms. The van der Waals surface area contributed by atoms with Crippen molar-refractivity contribution in [3.63, 3.8) is 0 Å². The highest BCUT2D eigenvalue weighted by Crippen LogP contribution is 2.16. The van der Waals surface area contributed by atoms with Crippen LogP contribution in [0.15, 0.2) is 28.1 Å². The van der Waals surface area contributed by atoms with Gasteiger partial charge in [0.05, 0.1) is 18.1 Å². The zero-order chi connectivity index (χ0) is 18.3. The fraction of sp³-hybridized carbons (Fsp3) is 0.588. The molecule has 1 aromatic rings. The number of sulfone groups is 1. The number of rotatable bonds is 6. The Morgan fingerprint density at radius 1 is 1.27 bits per heavy atom. The predicted octanol–water partition coefficient (Wildman–Crippen LogP) is 1.01. The van der Waals surface area contributed by atoms with Crippen molar-refractivity contribution in [2.24, 2.45) is 4.99 Å². The van der Waals surface area contributed by atoms with Crippen molar-refractivity contribution in [2.45, 2.75) is 18.4 Å². The van der Waals surface area contributed by atoms with Gasteiger partial charge in [-0.05, 0) is 24.1 Å². The molecule has 0 atom stereocenters. The lowest BCUT2D eigenvalue weighted by Crippen LogP contribution is -2.44. The average Bonchev–Trinajstić information content (AvgIpc) is 2.57.